The number of urea groups is 1. The molecule has 29 heavy (non-hydrogen) atoms. The van der Waals surface area contributed by atoms with E-state index in [1.807, 2.05) is 24.3 Å². The van der Waals surface area contributed by atoms with Crippen LogP contribution in [0.2, 0.25) is 0 Å². The van der Waals surface area contributed by atoms with Gasteiger partial charge in [0.05, 0.1) is 0 Å². The van der Waals surface area contributed by atoms with E-state index in [4.69, 9.17) is 0 Å². The van der Waals surface area contributed by atoms with Crippen molar-refractivity contribution < 1.29 is 14.4 Å². The fourth-order valence-electron chi connectivity index (χ4n) is 3.56. The summed E-state index contributed by atoms with van der Waals surface area (Å²) in [5.41, 5.74) is 3.53. The molecule has 1 aliphatic heterocycles. The fraction of sp³-hybridized carbons (Fsp3) is 0.348. The van der Waals surface area contributed by atoms with E-state index < -0.39 is 23.9 Å². The number of hydrogen-bond acceptors (Lipinski definition) is 3. The number of imide groups is 1. The Morgan fingerprint density at radius 3 is 2.10 bits per heavy atom. The molecule has 1 unspecified atom stereocenters. The molecule has 2 aromatic rings. The van der Waals surface area contributed by atoms with Crippen molar-refractivity contribution in [3.8, 4) is 0 Å². The highest BCUT2D eigenvalue weighted by atomic mass is 16.2. The highest BCUT2D eigenvalue weighted by Crippen LogP contribution is 2.32. The molecule has 0 spiro atoms. The van der Waals surface area contributed by atoms with Gasteiger partial charge in [-0.2, -0.15) is 0 Å². The molecule has 0 aliphatic carbocycles. The smallest absolute Gasteiger partial charge is 0.324 e. The van der Waals surface area contributed by atoms with Crippen molar-refractivity contribution in [2.24, 2.45) is 0 Å². The highest BCUT2D eigenvalue weighted by Gasteiger charge is 2.39. The number of anilines is 1. The third-order valence-electron chi connectivity index (χ3n) is 5.10. The maximum atomic E-state index is 12.8. The molecule has 1 saturated heterocycles. The van der Waals surface area contributed by atoms with E-state index in [0.29, 0.717) is 5.56 Å². The van der Waals surface area contributed by atoms with Gasteiger partial charge in [-0.25, -0.2) is 4.79 Å². The van der Waals surface area contributed by atoms with Crippen LogP contribution >= 0.6 is 0 Å². The van der Waals surface area contributed by atoms with Crippen LogP contribution in [0.4, 0.5) is 10.5 Å². The van der Waals surface area contributed by atoms with Gasteiger partial charge in [0.2, 0.25) is 5.91 Å². The van der Waals surface area contributed by atoms with Gasteiger partial charge >= 0.3 is 6.03 Å². The fourth-order valence-corrected chi connectivity index (χ4v) is 3.56. The maximum Gasteiger partial charge on any atom is 0.325 e. The average molecular weight is 393 g/mol. The Labute approximate surface area is 171 Å². The lowest BCUT2D eigenvalue weighted by molar-refractivity contribution is -0.130. The van der Waals surface area contributed by atoms with Gasteiger partial charge in [-0.05, 0) is 28.5 Å². The van der Waals surface area contributed by atoms with Crippen molar-refractivity contribution in [2.45, 2.75) is 45.6 Å². The lowest BCUT2D eigenvalue weighted by Crippen LogP contribution is -2.38. The van der Waals surface area contributed by atoms with E-state index in [2.05, 4.69) is 38.3 Å². The molecule has 1 aliphatic rings. The lowest BCUT2D eigenvalue weighted by Gasteiger charge is -2.21. The third kappa shape index (κ3) is 4.31. The number of nitrogens with one attached hydrogen (secondary N) is 2. The summed E-state index contributed by atoms with van der Waals surface area (Å²) in [5.74, 6) is -0.360. The summed E-state index contributed by atoms with van der Waals surface area (Å²) >= 11 is 0. The van der Waals surface area contributed by atoms with Crippen molar-refractivity contribution in [2.75, 3.05) is 11.9 Å². The first-order valence-corrected chi connectivity index (χ1v) is 9.89. The molecule has 152 valence electrons. The second-order valence-electron chi connectivity index (χ2n) is 7.89. The van der Waals surface area contributed by atoms with Crippen LogP contribution in [0.3, 0.4) is 0 Å². The summed E-state index contributed by atoms with van der Waals surface area (Å²) in [7, 11) is 0. The number of benzene rings is 2. The van der Waals surface area contributed by atoms with Crippen LogP contribution in [0.5, 0.6) is 0 Å². The zero-order valence-corrected chi connectivity index (χ0v) is 17.2. The first kappa shape index (κ1) is 20.6. The standard InChI is InChI=1S/C23H27N3O3/c1-14(2)17-11-8-12-18(15(3)4)21(17)24-19(27)13-26-22(28)20(25-23(26)29)16-9-6-5-7-10-16/h5-12,14-15,20H,13H2,1-4H3,(H,24,27)(H,25,29). The van der Waals surface area contributed by atoms with Crippen LogP contribution in [0, 0.1) is 0 Å². The molecule has 0 bridgehead atoms. The second-order valence-corrected chi connectivity index (χ2v) is 7.89. The van der Waals surface area contributed by atoms with Gasteiger partial charge in [-0.1, -0.05) is 76.2 Å². The van der Waals surface area contributed by atoms with Gasteiger partial charge in [0.1, 0.15) is 12.6 Å². The van der Waals surface area contributed by atoms with E-state index >= 15 is 0 Å². The Morgan fingerprint density at radius 1 is 0.966 bits per heavy atom. The molecular formula is C23H27N3O3. The number of rotatable bonds is 6. The normalized spacial score (nSPS) is 16.5. The highest BCUT2D eigenvalue weighted by molar-refractivity contribution is 6.08. The Bertz CT molecular complexity index is 896. The molecule has 0 aromatic heterocycles. The summed E-state index contributed by atoms with van der Waals surface area (Å²) < 4.78 is 0. The van der Waals surface area contributed by atoms with Gasteiger partial charge in [-0.15, -0.1) is 0 Å². The summed E-state index contributed by atoms with van der Waals surface area (Å²) in [6.45, 7) is 7.94. The Kier molecular flexibility index (Phi) is 6.01. The van der Waals surface area contributed by atoms with Crippen LogP contribution in [-0.2, 0) is 9.59 Å². The molecule has 1 atom stereocenters. The Balaban J connectivity index is 1.78. The quantitative estimate of drug-likeness (QED) is 0.723. The van der Waals surface area contributed by atoms with Crippen LogP contribution in [0.25, 0.3) is 0 Å². The van der Waals surface area contributed by atoms with Gasteiger partial charge in [0.15, 0.2) is 0 Å². The third-order valence-corrected chi connectivity index (χ3v) is 5.10. The van der Waals surface area contributed by atoms with Gasteiger partial charge in [0.25, 0.3) is 5.91 Å². The lowest BCUT2D eigenvalue weighted by atomic mass is 9.92. The Morgan fingerprint density at radius 2 is 1.55 bits per heavy atom. The molecule has 6 nitrogen and oxygen atoms in total. The molecule has 0 radical (unpaired) electrons. The van der Waals surface area contributed by atoms with Crippen molar-refractivity contribution in [3.05, 3.63) is 65.2 Å². The first-order valence-electron chi connectivity index (χ1n) is 9.89. The average Bonchev–Trinajstić information content (AvgIpc) is 2.96. The molecule has 0 saturated carbocycles. The monoisotopic (exact) mass is 393 g/mol. The number of nitrogens with zero attached hydrogens (tertiary/aromatic N) is 1. The van der Waals surface area contributed by atoms with E-state index in [0.717, 1.165) is 21.7 Å². The number of carbonyl (C=O) groups is 3. The number of carbonyl (C=O) groups excluding carboxylic acids is 3. The molecule has 3 rings (SSSR count). The van der Waals surface area contributed by atoms with E-state index in [1.165, 1.54) is 0 Å². The maximum absolute atomic E-state index is 12.8. The van der Waals surface area contributed by atoms with Crippen LogP contribution in [-0.4, -0.2) is 29.3 Å². The summed E-state index contributed by atoms with van der Waals surface area (Å²) in [6.07, 6.45) is 0. The van der Waals surface area contributed by atoms with Crippen molar-refractivity contribution in [3.63, 3.8) is 0 Å². The summed E-state index contributed by atoms with van der Waals surface area (Å²) in [4.78, 5) is 38.8. The van der Waals surface area contributed by atoms with Crippen molar-refractivity contribution in [1.29, 1.82) is 0 Å². The van der Waals surface area contributed by atoms with Crippen LogP contribution in [0.15, 0.2) is 48.5 Å². The van der Waals surface area contributed by atoms with Gasteiger partial charge in [-0.3, -0.25) is 14.5 Å². The molecule has 4 amide bonds. The van der Waals surface area contributed by atoms with E-state index in [-0.39, 0.29) is 18.4 Å². The molecule has 1 fully saturated rings. The minimum absolute atomic E-state index is 0.225. The summed E-state index contributed by atoms with van der Waals surface area (Å²) in [6, 6.07) is 13.7. The Hall–Kier alpha value is -3.15. The van der Waals surface area contributed by atoms with Gasteiger partial charge in [0, 0.05) is 5.69 Å². The van der Waals surface area contributed by atoms with Crippen LogP contribution < -0.4 is 10.6 Å². The molecule has 2 N–H and O–H groups in total. The molecular weight excluding hydrogens is 366 g/mol. The topological polar surface area (TPSA) is 78.5 Å². The molecule has 1 heterocycles. The minimum atomic E-state index is -0.759. The summed E-state index contributed by atoms with van der Waals surface area (Å²) in [5, 5.41) is 5.61. The van der Waals surface area contributed by atoms with Crippen molar-refractivity contribution in [1.82, 2.24) is 10.2 Å². The van der Waals surface area contributed by atoms with Crippen molar-refractivity contribution >= 4 is 23.5 Å². The largest absolute Gasteiger partial charge is 0.325 e. The predicted molar refractivity (Wildman–Crippen MR) is 113 cm³/mol. The van der Waals surface area contributed by atoms with E-state index in [9.17, 15) is 14.4 Å². The SMILES string of the molecule is CC(C)c1cccc(C(C)C)c1NC(=O)CN1C(=O)NC(c2ccccc2)C1=O. The molecule has 2 aromatic carbocycles. The second kappa shape index (κ2) is 8.47. The van der Waals surface area contributed by atoms with Crippen LogP contribution in [0.1, 0.15) is 62.3 Å². The minimum Gasteiger partial charge on any atom is -0.324 e. The zero-order chi connectivity index (χ0) is 21.1. The van der Waals surface area contributed by atoms with Gasteiger partial charge < -0.3 is 10.6 Å². The first-order chi connectivity index (χ1) is 13.8. The number of amides is 4. The molecule has 6 heteroatoms. The predicted octanol–water partition coefficient (Wildman–Crippen LogP) is 4.17. The number of para-hydroxylation sites is 1. The van der Waals surface area contributed by atoms with E-state index in [1.54, 1.807) is 24.3 Å². The number of hydrogen-bond donors (Lipinski definition) is 2. The zero-order valence-electron chi connectivity index (χ0n) is 17.2.